The quantitative estimate of drug-likeness (QED) is 0.298. The number of hydrogen-bond donors (Lipinski definition) is 6. The molecule has 9 heteroatoms. The molecule has 8 atom stereocenters. The van der Waals surface area contributed by atoms with Crippen LogP contribution in [0.15, 0.2) is 23.8 Å². The molecule has 1 aliphatic carbocycles. The van der Waals surface area contributed by atoms with Gasteiger partial charge in [-0.05, 0) is 12.0 Å². The first-order valence-electron chi connectivity index (χ1n) is 7.50. The number of aliphatic hydroxyl groups excluding tert-OH is 6. The second kappa shape index (κ2) is 8.15. The van der Waals surface area contributed by atoms with Gasteiger partial charge < -0.3 is 40.1 Å². The first-order valence-corrected chi connectivity index (χ1v) is 7.50. The Hall–Kier alpha value is -1.35. The molecule has 9 nitrogen and oxygen atoms in total. The standard InChI is InChI=1S/C15H21NO8/c16-5-3-7-1-2-8(18)10(19)14(7)24-15-13(22)12(21)11(20)9(23-15)4-6-17/h1-3,8-15,17-22H,4,6H2/b7-3+/t8-,9-,10+,11-,12+,13-,14+,15+/m1/s1. The summed E-state index contributed by atoms with van der Waals surface area (Å²) in [5.74, 6) is 0. The molecule has 0 radical (unpaired) electrons. The molecule has 1 heterocycles. The molecule has 1 fully saturated rings. The molecule has 0 unspecified atom stereocenters. The Kier molecular flexibility index (Phi) is 6.45. The van der Waals surface area contributed by atoms with E-state index in [-0.39, 0.29) is 18.6 Å². The lowest BCUT2D eigenvalue weighted by Gasteiger charge is -2.42. The van der Waals surface area contributed by atoms with Crippen molar-refractivity contribution in [1.82, 2.24) is 0 Å². The van der Waals surface area contributed by atoms with Gasteiger partial charge in [-0.1, -0.05) is 12.2 Å². The normalized spacial score (nSPS) is 44.5. The van der Waals surface area contributed by atoms with Crippen LogP contribution >= 0.6 is 0 Å². The van der Waals surface area contributed by atoms with E-state index in [9.17, 15) is 25.5 Å². The molecular weight excluding hydrogens is 322 g/mol. The summed E-state index contributed by atoms with van der Waals surface area (Å²) in [5, 5.41) is 67.3. The van der Waals surface area contributed by atoms with Crippen LogP contribution in [0.3, 0.4) is 0 Å². The Morgan fingerprint density at radius 1 is 1.12 bits per heavy atom. The van der Waals surface area contributed by atoms with Gasteiger partial charge in [0.15, 0.2) is 6.29 Å². The molecule has 0 aromatic heterocycles. The van der Waals surface area contributed by atoms with E-state index in [1.165, 1.54) is 12.2 Å². The van der Waals surface area contributed by atoms with Gasteiger partial charge in [0.05, 0.1) is 12.2 Å². The van der Waals surface area contributed by atoms with Crippen LogP contribution in [0, 0.1) is 11.3 Å². The molecule has 2 aliphatic rings. The van der Waals surface area contributed by atoms with E-state index < -0.39 is 49.0 Å². The SMILES string of the molecule is N#C/C=C1\C=C[C@@H](O)[C@H](O)[C@H]1O[C@@H]1O[C@H](CCO)[C@@H](O)[C@H](O)[C@H]1O. The Bertz CT molecular complexity index is 530. The Morgan fingerprint density at radius 2 is 1.83 bits per heavy atom. The second-order valence-corrected chi connectivity index (χ2v) is 5.70. The fourth-order valence-electron chi connectivity index (χ4n) is 2.70. The largest absolute Gasteiger partial charge is 0.396 e. The van der Waals surface area contributed by atoms with Gasteiger partial charge in [-0.25, -0.2) is 0 Å². The zero-order chi connectivity index (χ0) is 17.9. The number of rotatable bonds is 4. The Balaban J connectivity index is 2.19. The molecule has 0 aromatic carbocycles. The highest BCUT2D eigenvalue weighted by Crippen LogP contribution is 2.29. The molecular formula is C15H21NO8. The topological polar surface area (TPSA) is 164 Å². The van der Waals surface area contributed by atoms with Crippen molar-refractivity contribution < 1.29 is 40.1 Å². The van der Waals surface area contributed by atoms with Crippen LogP contribution in [0.5, 0.6) is 0 Å². The van der Waals surface area contributed by atoms with Gasteiger partial charge in [0.1, 0.15) is 36.6 Å². The minimum atomic E-state index is -1.62. The van der Waals surface area contributed by atoms with E-state index >= 15 is 0 Å². The average molecular weight is 343 g/mol. The zero-order valence-electron chi connectivity index (χ0n) is 12.7. The predicted octanol–water partition coefficient (Wildman–Crippen LogP) is -2.70. The van der Waals surface area contributed by atoms with Crippen molar-refractivity contribution in [3.8, 4) is 6.07 Å². The van der Waals surface area contributed by atoms with Crippen molar-refractivity contribution in [2.75, 3.05) is 6.61 Å². The van der Waals surface area contributed by atoms with Gasteiger partial charge in [0, 0.05) is 12.7 Å². The summed E-state index contributed by atoms with van der Waals surface area (Å²) in [4.78, 5) is 0. The molecule has 6 N–H and O–H groups in total. The maximum absolute atomic E-state index is 10.1. The van der Waals surface area contributed by atoms with E-state index in [0.29, 0.717) is 0 Å². The summed E-state index contributed by atoms with van der Waals surface area (Å²) in [7, 11) is 0. The summed E-state index contributed by atoms with van der Waals surface area (Å²) in [6.45, 7) is -0.315. The Morgan fingerprint density at radius 3 is 2.46 bits per heavy atom. The van der Waals surface area contributed by atoms with Crippen LogP contribution < -0.4 is 0 Å². The van der Waals surface area contributed by atoms with Crippen molar-refractivity contribution in [2.45, 2.75) is 55.4 Å². The zero-order valence-corrected chi connectivity index (χ0v) is 12.7. The lowest BCUT2D eigenvalue weighted by molar-refractivity contribution is -0.312. The fraction of sp³-hybridized carbons (Fsp3) is 0.667. The lowest BCUT2D eigenvalue weighted by atomic mass is 9.92. The minimum Gasteiger partial charge on any atom is -0.396 e. The third kappa shape index (κ3) is 3.83. The van der Waals surface area contributed by atoms with E-state index in [2.05, 4.69) is 0 Å². The lowest BCUT2D eigenvalue weighted by Crippen LogP contribution is -2.60. The van der Waals surface area contributed by atoms with E-state index in [1.807, 2.05) is 0 Å². The number of nitriles is 1. The number of aliphatic hydroxyl groups is 6. The van der Waals surface area contributed by atoms with Crippen LogP contribution in [0.2, 0.25) is 0 Å². The average Bonchev–Trinajstić information content (AvgIpc) is 2.56. The molecule has 0 spiro atoms. The van der Waals surface area contributed by atoms with Crippen LogP contribution in [-0.4, -0.2) is 86.3 Å². The molecule has 0 saturated carbocycles. The van der Waals surface area contributed by atoms with E-state index in [0.717, 1.165) is 6.08 Å². The molecule has 0 bridgehead atoms. The molecule has 0 amide bonds. The van der Waals surface area contributed by atoms with Crippen molar-refractivity contribution in [3.63, 3.8) is 0 Å². The first-order chi connectivity index (χ1) is 11.4. The summed E-state index contributed by atoms with van der Waals surface area (Å²) in [5.41, 5.74) is 0.255. The monoisotopic (exact) mass is 343 g/mol. The van der Waals surface area contributed by atoms with Crippen LogP contribution in [0.25, 0.3) is 0 Å². The maximum Gasteiger partial charge on any atom is 0.187 e. The van der Waals surface area contributed by atoms with Crippen molar-refractivity contribution in [1.29, 1.82) is 5.26 Å². The highest BCUT2D eigenvalue weighted by molar-refractivity contribution is 5.34. The smallest absolute Gasteiger partial charge is 0.187 e. The van der Waals surface area contributed by atoms with E-state index in [4.69, 9.17) is 19.8 Å². The van der Waals surface area contributed by atoms with Crippen LogP contribution in [0.1, 0.15) is 6.42 Å². The van der Waals surface area contributed by atoms with Gasteiger partial charge in [-0.15, -0.1) is 0 Å². The fourth-order valence-corrected chi connectivity index (χ4v) is 2.70. The highest BCUT2D eigenvalue weighted by atomic mass is 16.7. The maximum atomic E-state index is 10.1. The summed E-state index contributed by atoms with van der Waals surface area (Å²) in [6.07, 6.45) is -7.05. The molecule has 1 saturated heterocycles. The van der Waals surface area contributed by atoms with Gasteiger partial charge in [-0.3, -0.25) is 0 Å². The number of allylic oxidation sites excluding steroid dienone is 1. The minimum absolute atomic E-state index is 0.00144. The third-order valence-corrected chi connectivity index (χ3v) is 4.07. The predicted molar refractivity (Wildman–Crippen MR) is 78.1 cm³/mol. The van der Waals surface area contributed by atoms with Gasteiger partial charge in [-0.2, -0.15) is 5.26 Å². The third-order valence-electron chi connectivity index (χ3n) is 4.07. The molecule has 24 heavy (non-hydrogen) atoms. The van der Waals surface area contributed by atoms with Gasteiger partial charge in [0.2, 0.25) is 0 Å². The van der Waals surface area contributed by atoms with Gasteiger partial charge in [0.25, 0.3) is 0 Å². The van der Waals surface area contributed by atoms with Crippen LogP contribution in [0.4, 0.5) is 0 Å². The number of nitrogens with zero attached hydrogens (tertiary/aromatic N) is 1. The van der Waals surface area contributed by atoms with Crippen molar-refractivity contribution >= 4 is 0 Å². The van der Waals surface area contributed by atoms with Crippen molar-refractivity contribution in [3.05, 3.63) is 23.8 Å². The Labute approximate surface area is 138 Å². The van der Waals surface area contributed by atoms with Crippen molar-refractivity contribution in [2.24, 2.45) is 0 Å². The summed E-state index contributed by atoms with van der Waals surface area (Å²) >= 11 is 0. The van der Waals surface area contributed by atoms with E-state index in [1.54, 1.807) is 6.07 Å². The molecule has 2 rings (SSSR count). The summed E-state index contributed by atoms with van der Waals surface area (Å²) < 4.78 is 10.8. The van der Waals surface area contributed by atoms with Gasteiger partial charge >= 0.3 is 0 Å². The molecule has 134 valence electrons. The van der Waals surface area contributed by atoms with Crippen LogP contribution in [-0.2, 0) is 9.47 Å². The molecule has 1 aliphatic heterocycles. The highest BCUT2D eigenvalue weighted by Gasteiger charge is 2.46. The first kappa shape index (κ1) is 19.0. The second-order valence-electron chi connectivity index (χ2n) is 5.70. The molecule has 0 aromatic rings. The number of hydrogen-bond acceptors (Lipinski definition) is 9. The summed E-state index contributed by atoms with van der Waals surface area (Å²) in [6, 6.07) is 1.78. The number of ether oxygens (including phenoxy) is 2.